The van der Waals surface area contributed by atoms with Crippen molar-refractivity contribution in [2.45, 2.75) is 26.4 Å². The van der Waals surface area contributed by atoms with Crippen LogP contribution >= 0.6 is 0 Å². The van der Waals surface area contributed by atoms with Gasteiger partial charge in [-0.2, -0.15) is 4.98 Å². The monoisotopic (exact) mass is 272 g/mol. The van der Waals surface area contributed by atoms with Crippen molar-refractivity contribution >= 4 is 0 Å². The van der Waals surface area contributed by atoms with Gasteiger partial charge in [0.05, 0.1) is 6.54 Å². The van der Waals surface area contributed by atoms with Crippen LogP contribution in [0.1, 0.15) is 18.4 Å². The van der Waals surface area contributed by atoms with E-state index in [0.717, 1.165) is 31.7 Å². The Labute approximate surface area is 119 Å². The summed E-state index contributed by atoms with van der Waals surface area (Å²) < 4.78 is 5.36. The Morgan fingerprint density at radius 2 is 2.15 bits per heavy atom. The third-order valence-electron chi connectivity index (χ3n) is 3.59. The van der Waals surface area contributed by atoms with Crippen molar-refractivity contribution in [1.29, 1.82) is 0 Å². The minimum Gasteiger partial charge on any atom is -0.338 e. The van der Waals surface area contributed by atoms with Gasteiger partial charge < -0.3 is 9.84 Å². The Hall–Kier alpha value is -1.72. The summed E-state index contributed by atoms with van der Waals surface area (Å²) in [6, 6.07) is 8.68. The van der Waals surface area contributed by atoms with Crippen molar-refractivity contribution in [3.63, 3.8) is 0 Å². The zero-order valence-corrected chi connectivity index (χ0v) is 12.0. The second kappa shape index (κ2) is 5.73. The van der Waals surface area contributed by atoms with Crippen LogP contribution in [0.25, 0.3) is 11.4 Å². The van der Waals surface area contributed by atoms with Crippen molar-refractivity contribution < 1.29 is 4.52 Å². The number of piperazine rings is 1. The summed E-state index contributed by atoms with van der Waals surface area (Å²) in [6.07, 6.45) is 0. The van der Waals surface area contributed by atoms with Crippen LogP contribution in [-0.4, -0.2) is 40.7 Å². The number of hydrogen-bond donors (Lipinski definition) is 1. The van der Waals surface area contributed by atoms with Crippen LogP contribution in [0.4, 0.5) is 0 Å². The van der Waals surface area contributed by atoms with E-state index in [9.17, 15) is 0 Å². The maximum Gasteiger partial charge on any atom is 0.241 e. The molecular weight excluding hydrogens is 252 g/mol. The van der Waals surface area contributed by atoms with Crippen molar-refractivity contribution in [1.82, 2.24) is 20.4 Å². The molecule has 5 nitrogen and oxygen atoms in total. The molecular formula is C15H20N4O. The molecule has 1 aliphatic rings. The van der Waals surface area contributed by atoms with Gasteiger partial charge in [-0.25, -0.2) is 0 Å². The van der Waals surface area contributed by atoms with E-state index in [2.05, 4.69) is 46.3 Å². The van der Waals surface area contributed by atoms with Gasteiger partial charge in [-0.15, -0.1) is 0 Å². The maximum atomic E-state index is 5.36. The van der Waals surface area contributed by atoms with Crippen LogP contribution in [0.3, 0.4) is 0 Å². The molecule has 1 aromatic heterocycles. The van der Waals surface area contributed by atoms with Crippen LogP contribution in [-0.2, 0) is 6.54 Å². The summed E-state index contributed by atoms with van der Waals surface area (Å²) in [7, 11) is 0. The molecule has 1 saturated heterocycles. The van der Waals surface area contributed by atoms with Gasteiger partial charge in [0.2, 0.25) is 11.7 Å². The van der Waals surface area contributed by atoms with E-state index < -0.39 is 0 Å². The predicted molar refractivity (Wildman–Crippen MR) is 77.2 cm³/mol. The molecule has 1 aromatic carbocycles. The van der Waals surface area contributed by atoms with Gasteiger partial charge in [0.25, 0.3) is 0 Å². The second-order valence-corrected chi connectivity index (χ2v) is 5.47. The van der Waals surface area contributed by atoms with E-state index in [1.54, 1.807) is 0 Å². The molecule has 1 fully saturated rings. The van der Waals surface area contributed by atoms with Gasteiger partial charge >= 0.3 is 0 Å². The molecule has 1 aliphatic heterocycles. The molecule has 2 heterocycles. The number of rotatable bonds is 3. The predicted octanol–water partition coefficient (Wildman–Crippen LogP) is 1.84. The van der Waals surface area contributed by atoms with E-state index in [1.807, 2.05) is 12.1 Å². The molecule has 0 spiro atoms. The normalized spacial score (nSPS) is 20.2. The molecule has 2 aromatic rings. The summed E-state index contributed by atoms with van der Waals surface area (Å²) in [6.45, 7) is 8.04. The van der Waals surface area contributed by atoms with Crippen molar-refractivity contribution in [2.75, 3.05) is 19.6 Å². The van der Waals surface area contributed by atoms with E-state index in [-0.39, 0.29) is 0 Å². The first-order valence-corrected chi connectivity index (χ1v) is 7.06. The maximum absolute atomic E-state index is 5.36. The average Bonchev–Trinajstić information content (AvgIpc) is 2.88. The zero-order chi connectivity index (χ0) is 13.9. The number of aromatic nitrogens is 2. The summed E-state index contributed by atoms with van der Waals surface area (Å²) in [5.41, 5.74) is 2.23. The summed E-state index contributed by atoms with van der Waals surface area (Å²) >= 11 is 0. The van der Waals surface area contributed by atoms with Gasteiger partial charge in [0.1, 0.15) is 0 Å². The smallest absolute Gasteiger partial charge is 0.241 e. The molecule has 0 radical (unpaired) electrons. The molecule has 0 saturated carbocycles. The van der Waals surface area contributed by atoms with Crippen LogP contribution < -0.4 is 5.32 Å². The summed E-state index contributed by atoms with van der Waals surface area (Å²) in [5, 5.41) is 7.50. The topological polar surface area (TPSA) is 54.2 Å². The molecule has 1 atom stereocenters. The first-order chi connectivity index (χ1) is 9.70. The Kier molecular flexibility index (Phi) is 3.80. The number of aryl methyl sites for hydroxylation is 1. The highest BCUT2D eigenvalue weighted by atomic mass is 16.5. The zero-order valence-electron chi connectivity index (χ0n) is 12.0. The summed E-state index contributed by atoms with van der Waals surface area (Å²) in [4.78, 5) is 6.83. The van der Waals surface area contributed by atoms with Gasteiger partial charge in [-0.05, 0) is 13.8 Å². The van der Waals surface area contributed by atoms with Crippen molar-refractivity contribution in [3.05, 3.63) is 35.7 Å². The summed E-state index contributed by atoms with van der Waals surface area (Å²) in [5.74, 6) is 1.36. The Bertz CT molecular complexity index is 564. The fourth-order valence-corrected chi connectivity index (χ4v) is 2.49. The number of nitrogens with zero attached hydrogens (tertiary/aromatic N) is 3. The average molecular weight is 272 g/mol. The quantitative estimate of drug-likeness (QED) is 0.924. The largest absolute Gasteiger partial charge is 0.338 e. The highest BCUT2D eigenvalue weighted by Crippen LogP contribution is 2.17. The van der Waals surface area contributed by atoms with Gasteiger partial charge in [0, 0.05) is 31.2 Å². The van der Waals surface area contributed by atoms with E-state index in [0.29, 0.717) is 17.8 Å². The molecule has 0 aliphatic carbocycles. The highest BCUT2D eigenvalue weighted by Gasteiger charge is 2.18. The Morgan fingerprint density at radius 3 is 2.90 bits per heavy atom. The SMILES string of the molecule is Cc1ccc(-c2noc(CN3CCN[C@@H](C)C3)n2)cc1. The lowest BCUT2D eigenvalue weighted by atomic mass is 10.1. The molecule has 0 amide bonds. The number of hydrogen-bond acceptors (Lipinski definition) is 5. The first-order valence-electron chi connectivity index (χ1n) is 7.06. The van der Waals surface area contributed by atoms with E-state index >= 15 is 0 Å². The third-order valence-corrected chi connectivity index (χ3v) is 3.59. The number of benzene rings is 1. The molecule has 3 rings (SSSR count). The molecule has 20 heavy (non-hydrogen) atoms. The van der Waals surface area contributed by atoms with Crippen LogP contribution in [0.5, 0.6) is 0 Å². The molecule has 1 N–H and O–H groups in total. The van der Waals surface area contributed by atoms with Gasteiger partial charge in [-0.1, -0.05) is 35.0 Å². The lowest BCUT2D eigenvalue weighted by Crippen LogP contribution is -2.48. The molecule has 0 unspecified atom stereocenters. The third kappa shape index (κ3) is 3.05. The number of nitrogens with one attached hydrogen (secondary N) is 1. The van der Waals surface area contributed by atoms with E-state index in [4.69, 9.17) is 4.52 Å². The molecule has 106 valence electrons. The molecule has 5 heteroatoms. The minimum atomic E-state index is 0.517. The fourth-order valence-electron chi connectivity index (χ4n) is 2.49. The van der Waals surface area contributed by atoms with Crippen molar-refractivity contribution in [3.8, 4) is 11.4 Å². The minimum absolute atomic E-state index is 0.517. The van der Waals surface area contributed by atoms with Crippen LogP contribution in [0.15, 0.2) is 28.8 Å². The fraction of sp³-hybridized carbons (Fsp3) is 0.467. The Balaban J connectivity index is 1.69. The lowest BCUT2D eigenvalue weighted by molar-refractivity contribution is 0.177. The van der Waals surface area contributed by atoms with E-state index in [1.165, 1.54) is 5.56 Å². The van der Waals surface area contributed by atoms with Crippen molar-refractivity contribution in [2.24, 2.45) is 0 Å². The van der Waals surface area contributed by atoms with Gasteiger partial charge in [0.15, 0.2) is 0 Å². The Morgan fingerprint density at radius 1 is 1.35 bits per heavy atom. The van der Waals surface area contributed by atoms with Crippen LogP contribution in [0.2, 0.25) is 0 Å². The highest BCUT2D eigenvalue weighted by molar-refractivity contribution is 5.54. The second-order valence-electron chi connectivity index (χ2n) is 5.47. The van der Waals surface area contributed by atoms with Gasteiger partial charge in [-0.3, -0.25) is 4.90 Å². The first kappa shape index (κ1) is 13.3. The molecule has 0 bridgehead atoms. The van der Waals surface area contributed by atoms with Crippen LogP contribution in [0, 0.1) is 6.92 Å². The lowest BCUT2D eigenvalue weighted by Gasteiger charge is -2.30. The standard InChI is InChI=1S/C15H20N4O/c1-11-3-5-13(6-4-11)15-17-14(20-18-15)10-19-8-7-16-12(2)9-19/h3-6,12,16H,7-10H2,1-2H3/t12-/m0/s1.